The molecule has 7 nitrogen and oxygen atoms in total. The fourth-order valence-electron chi connectivity index (χ4n) is 3.81. The Morgan fingerprint density at radius 3 is 1.92 bits per heavy atom. The number of nitro groups is 1. The van der Waals surface area contributed by atoms with Gasteiger partial charge in [0.15, 0.2) is 23.3 Å². The summed E-state index contributed by atoms with van der Waals surface area (Å²) in [6, 6.07) is 9.99. The molecule has 1 aliphatic rings. The van der Waals surface area contributed by atoms with Crippen molar-refractivity contribution in [3.05, 3.63) is 92.3 Å². The SMILES string of the molecule is O=C(Nc1ccc(N2CCN(c3c(F)c(F)c(F)c(F)c3F)CC2)cc1)c1cc([N+](=O)[O-])ccc1Cl. The van der Waals surface area contributed by atoms with Crippen LogP contribution in [0.1, 0.15) is 10.4 Å². The third kappa shape index (κ3) is 4.76. The Hall–Kier alpha value is -3.93. The third-order valence-electron chi connectivity index (χ3n) is 5.68. The molecule has 0 unspecified atom stereocenters. The topological polar surface area (TPSA) is 78.7 Å². The van der Waals surface area contributed by atoms with Gasteiger partial charge in [0.25, 0.3) is 11.6 Å². The lowest BCUT2D eigenvalue weighted by Gasteiger charge is -2.37. The number of rotatable bonds is 5. The maximum atomic E-state index is 14.1. The summed E-state index contributed by atoms with van der Waals surface area (Å²) in [7, 11) is 0. The van der Waals surface area contributed by atoms with E-state index in [4.69, 9.17) is 11.6 Å². The number of carbonyl (C=O) groups excluding carboxylic acids is 1. The number of anilines is 3. The van der Waals surface area contributed by atoms with E-state index in [0.717, 1.165) is 11.0 Å². The molecule has 188 valence electrons. The fraction of sp³-hybridized carbons (Fsp3) is 0.174. The van der Waals surface area contributed by atoms with Gasteiger partial charge >= 0.3 is 0 Å². The van der Waals surface area contributed by atoms with Crippen molar-refractivity contribution < 1.29 is 31.7 Å². The van der Waals surface area contributed by atoms with E-state index in [1.807, 2.05) is 4.90 Å². The lowest BCUT2D eigenvalue weighted by molar-refractivity contribution is -0.384. The molecule has 3 aromatic carbocycles. The van der Waals surface area contributed by atoms with Gasteiger partial charge in [0.1, 0.15) is 5.69 Å². The van der Waals surface area contributed by atoms with E-state index in [9.17, 15) is 36.9 Å². The predicted molar refractivity (Wildman–Crippen MR) is 123 cm³/mol. The highest BCUT2D eigenvalue weighted by molar-refractivity contribution is 6.34. The van der Waals surface area contributed by atoms with Crippen molar-refractivity contribution in [1.82, 2.24) is 0 Å². The van der Waals surface area contributed by atoms with Crippen molar-refractivity contribution in [1.29, 1.82) is 0 Å². The van der Waals surface area contributed by atoms with Crippen molar-refractivity contribution in [2.45, 2.75) is 0 Å². The molecule has 0 atom stereocenters. The van der Waals surface area contributed by atoms with Crippen LogP contribution in [0.2, 0.25) is 5.02 Å². The zero-order valence-electron chi connectivity index (χ0n) is 18.2. The van der Waals surface area contributed by atoms with Crippen molar-refractivity contribution in [2.75, 3.05) is 41.3 Å². The molecule has 1 aliphatic heterocycles. The van der Waals surface area contributed by atoms with Gasteiger partial charge < -0.3 is 15.1 Å². The van der Waals surface area contributed by atoms with Crippen LogP contribution in [0.3, 0.4) is 0 Å². The summed E-state index contributed by atoms with van der Waals surface area (Å²) < 4.78 is 68.6. The van der Waals surface area contributed by atoms with Gasteiger partial charge in [0.05, 0.1) is 15.5 Å². The Balaban J connectivity index is 1.42. The van der Waals surface area contributed by atoms with E-state index in [1.165, 1.54) is 12.1 Å². The zero-order valence-corrected chi connectivity index (χ0v) is 19.0. The van der Waals surface area contributed by atoms with Gasteiger partial charge in [-0.2, -0.15) is 0 Å². The van der Waals surface area contributed by atoms with E-state index in [2.05, 4.69) is 5.32 Å². The second-order valence-corrected chi connectivity index (χ2v) is 8.22. The highest BCUT2D eigenvalue weighted by atomic mass is 35.5. The lowest BCUT2D eigenvalue weighted by atomic mass is 10.1. The number of nitro benzene ring substituents is 1. The van der Waals surface area contributed by atoms with Gasteiger partial charge in [-0.25, -0.2) is 22.0 Å². The number of nitrogens with one attached hydrogen (secondary N) is 1. The van der Waals surface area contributed by atoms with E-state index in [1.54, 1.807) is 24.3 Å². The Morgan fingerprint density at radius 2 is 1.36 bits per heavy atom. The van der Waals surface area contributed by atoms with Crippen LogP contribution in [0.4, 0.5) is 44.7 Å². The Bertz CT molecular complexity index is 1320. The molecule has 1 amide bonds. The quantitative estimate of drug-likeness (QED) is 0.156. The van der Waals surface area contributed by atoms with Gasteiger partial charge in [-0.05, 0) is 30.3 Å². The summed E-state index contributed by atoms with van der Waals surface area (Å²) in [6.07, 6.45) is 0. The molecule has 1 saturated heterocycles. The molecule has 0 bridgehead atoms. The fourth-order valence-corrected chi connectivity index (χ4v) is 4.02. The second kappa shape index (κ2) is 9.97. The average Bonchev–Trinajstić information content (AvgIpc) is 2.87. The number of benzene rings is 3. The number of nitrogens with zero attached hydrogens (tertiary/aromatic N) is 3. The smallest absolute Gasteiger partial charge is 0.270 e. The molecule has 36 heavy (non-hydrogen) atoms. The number of amides is 1. The van der Waals surface area contributed by atoms with Crippen LogP contribution in [0, 0.1) is 39.2 Å². The summed E-state index contributed by atoms with van der Waals surface area (Å²) in [6.45, 7) is 0.466. The zero-order chi connectivity index (χ0) is 26.1. The van der Waals surface area contributed by atoms with E-state index < -0.39 is 45.6 Å². The molecule has 1 fully saturated rings. The number of non-ortho nitro benzene ring substituents is 1. The number of halogens is 6. The minimum atomic E-state index is -2.20. The molecule has 0 aromatic heterocycles. The Kier molecular flexibility index (Phi) is 6.97. The monoisotopic (exact) mass is 526 g/mol. The third-order valence-corrected chi connectivity index (χ3v) is 6.01. The second-order valence-electron chi connectivity index (χ2n) is 7.81. The van der Waals surface area contributed by atoms with E-state index >= 15 is 0 Å². The van der Waals surface area contributed by atoms with Crippen LogP contribution in [-0.4, -0.2) is 37.0 Å². The molecule has 0 aliphatic carbocycles. The summed E-state index contributed by atoms with van der Waals surface area (Å²) in [5.41, 5.74) is -0.238. The van der Waals surface area contributed by atoms with Crippen LogP contribution >= 0.6 is 11.6 Å². The first-order valence-corrected chi connectivity index (χ1v) is 10.8. The number of hydrogen-bond acceptors (Lipinski definition) is 5. The normalized spacial score (nSPS) is 13.6. The van der Waals surface area contributed by atoms with Crippen molar-refractivity contribution >= 4 is 40.3 Å². The lowest BCUT2D eigenvalue weighted by Crippen LogP contribution is -2.47. The number of hydrogen-bond donors (Lipinski definition) is 1. The van der Waals surface area contributed by atoms with Gasteiger partial charge in [-0.3, -0.25) is 14.9 Å². The van der Waals surface area contributed by atoms with Crippen LogP contribution in [0.5, 0.6) is 0 Å². The summed E-state index contributed by atoms with van der Waals surface area (Å²) in [5.74, 6) is -10.6. The Labute approximate surface area is 205 Å². The van der Waals surface area contributed by atoms with Crippen molar-refractivity contribution in [2.24, 2.45) is 0 Å². The minimum Gasteiger partial charge on any atom is -0.368 e. The maximum absolute atomic E-state index is 14.1. The molecule has 0 spiro atoms. The molecular formula is C23H16ClF5N4O3. The molecule has 1 N–H and O–H groups in total. The summed E-state index contributed by atoms with van der Waals surface area (Å²) >= 11 is 5.99. The van der Waals surface area contributed by atoms with Gasteiger partial charge in [-0.1, -0.05) is 11.6 Å². The van der Waals surface area contributed by atoms with Crippen LogP contribution in [0.15, 0.2) is 42.5 Å². The van der Waals surface area contributed by atoms with Crippen molar-refractivity contribution in [3.8, 4) is 0 Å². The first kappa shape index (κ1) is 25.2. The van der Waals surface area contributed by atoms with Crippen LogP contribution in [0.25, 0.3) is 0 Å². The molecule has 1 heterocycles. The summed E-state index contributed by atoms with van der Waals surface area (Å²) in [5, 5.41) is 13.6. The van der Waals surface area contributed by atoms with Gasteiger partial charge in [0, 0.05) is 49.7 Å². The van der Waals surface area contributed by atoms with Crippen LogP contribution < -0.4 is 15.1 Å². The van der Waals surface area contributed by atoms with Crippen molar-refractivity contribution in [3.63, 3.8) is 0 Å². The number of carbonyl (C=O) groups is 1. The maximum Gasteiger partial charge on any atom is 0.270 e. The highest BCUT2D eigenvalue weighted by Gasteiger charge is 2.30. The Morgan fingerprint density at radius 1 is 0.833 bits per heavy atom. The first-order valence-electron chi connectivity index (χ1n) is 10.4. The van der Waals surface area contributed by atoms with Crippen LogP contribution in [-0.2, 0) is 0 Å². The predicted octanol–water partition coefficient (Wildman–Crippen LogP) is 5.52. The summed E-state index contributed by atoms with van der Waals surface area (Å²) in [4.78, 5) is 25.8. The molecule has 3 aromatic rings. The van der Waals surface area contributed by atoms with E-state index in [-0.39, 0.29) is 42.5 Å². The standard InChI is InChI=1S/C23H16ClF5N4O3/c24-16-6-5-14(33(35)36)11-15(16)23(34)30-12-1-3-13(4-2-12)31-7-9-32(10-8-31)22-20(28)18(26)17(25)19(27)21(22)29/h1-6,11H,7-10H2,(H,30,34). The number of piperazine rings is 1. The van der Waals surface area contributed by atoms with Gasteiger partial charge in [0.2, 0.25) is 5.82 Å². The molecule has 4 rings (SSSR count). The molecule has 0 saturated carbocycles. The average molecular weight is 527 g/mol. The largest absolute Gasteiger partial charge is 0.368 e. The minimum absolute atomic E-state index is 0.00211. The first-order chi connectivity index (χ1) is 17.1. The molecule has 0 radical (unpaired) electrons. The van der Waals surface area contributed by atoms with E-state index in [0.29, 0.717) is 11.4 Å². The molecular weight excluding hydrogens is 511 g/mol. The van der Waals surface area contributed by atoms with Gasteiger partial charge in [-0.15, -0.1) is 0 Å². The molecule has 13 heteroatoms. The highest BCUT2D eigenvalue weighted by Crippen LogP contribution is 2.32.